The summed E-state index contributed by atoms with van der Waals surface area (Å²) in [4.78, 5) is 27.9. The van der Waals surface area contributed by atoms with Crippen LogP contribution in [0.4, 0.5) is 34.5 Å². The first-order valence-electron chi connectivity index (χ1n) is 11.5. The molecule has 0 spiro atoms. The molecule has 0 fully saturated rings. The van der Waals surface area contributed by atoms with Gasteiger partial charge in [0, 0.05) is 23.9 Å². The Hall–Kier alpha value is -4.10. The van der Waals surface area contributed by atoms with Crippen molar-refractivity contribution in [3.8, 4) is 11.5 Å². The minimum Gasteiger partial charge on any atom is -0.494 e. The van der Waals surface area contributed by atoms with E-state index in [4.69, 9.17) is 25.9 Å². The summed E-state index contributed by atoms with van der Waals surface area (Å²) in [7, 11) is 5.40. The van der Waals surface area contributed by atoms with Crippen LogP contribution in [0.3, 0.4) is 0 Å². The number of methoxy groups -OCH3 is 1. The van der Waals surface area contributed by atoms with E-state index in [1.54, 1.807) is 24.3 Å². The molecular weight excluding hydrogens is 514 g/mol. The highest BCUT2D eigenvalue weighted by Gasteiger charge is 2.20. The van der Waals surface area contributed by atoms with Crippen molar-refractivity contribution in [2.24, 2.45) is 0 Å². The van der Waals surface area contributed by atoms with Crippen LogP contribution >= 0.6 is 11.6 Å². The van der Waals surface area contributed by atoms with E-state index in [0.717, 1.165) is 10.8 Å². The minimum absolute atomic E-state index is 0.225. The predicted molar refractivity (Wildman–Crippen MR) is 145 cm³/mol. The maximum Gasteiger partial charge on any atom is 0.247 e. The Balaban J connectivity index is 1.59. The standard InChI is InChI=1S/C25H28ClN7O5/c1-5-23(34)29-19-11-18(21(36-4)12-22(19)37-9-8-32(2)3)30-25-27-13-17(26)24(31-25)28-16-6-7-20-15(10-16)14-38-33(20)35/h5-7,10-13,35H,1,8-9,14H2,2-4H3,(H,29,34)(H2,27,28,30,31). The predicted octanol–water partition coefficient (Wildman–Crippen LogP) is 4.33. The highest BCUT2D eigenvalue weighted by molar-refractivity contribution is 6.32. The van der Waals surface area contributed by atoms with Crippen LogP contribution in [0.1, 0.15) is 5.56 Å². The molecule has 4 rings (SSSR count). The maximum absolute atomic E-state index is 12.1. The number of anilines is 6. The molecule has 1 amide bonds. The van der Waals surface area contributed by atoms with Crippen molar-refractivity contribution in [3.05, 3.63) is 59.8 Å². The van der Waals surface area contributed by atoms with E-state index in [2.05, 4.69) is 32.5 Å². The lowest BCUT2D eigenvalue weighted by Crippen LogP contribution is -2.20. The fraction of sp³-hybridized carbons (Fsp3) is 0.240. The fourth-order valence-electron chi connectivity index (χ4n) is 3.50. The van der Waals surface area contributed by atoms with E-state index in [-0.39, 0.29) is 12.6 Å². The van der Waals surface area contributed by atoms with Gasteiger partial charge < -0.3 is 30.3 Å². The summed E-state index contributed by atoms with van der Waals surface area (Å²) in [5.41, 5.74) is 2.96. The van der Waals surface area contributed by atoms with E-state index in [1.807, 2.05) is 25.1 Å². The lowest BCUT2D eigenvalue weighted by molar-refractivity contribution is -0.111. The SMILES string of the molecule is C=CC(=O)Nc1cc(Nc2ncc(Cl)c(Nc3ccc4c(c3)CON4O)n2)c(OC)cc1OCCN(C)C. The van der Waals surface area contributed by atoms with Gasteiger partial charge in [0.1, 0.15) is 35.4 Å². The molecule has 0 atom stereocenters. The molecule has 0 saturated heterocycles. The van der Waals surface area contributed by atoms with Crippen LogP contribution in [0.2, 0.25) is 5.02 Å². The van der Waals surface area contributed by atoms with Gasteiger partial charge in [-0.3, -0.25) is 10.0 Å². The summed E-state index contributed by atoms with van der Waals surface area (Å²) in [6.45, 7) is 4.84. The van der Waals surface area contributed by atoms with E-state index in [0.29, 0.717) is 58.2 Å². The number of aromatic nitrogens is 2. The smallest absolute Gasteiger partial charge is 0.247 e. The van der Waals surface area contributed by atoms with Crippen LogP contribution in [0, 0.1) is 0 Å². The highest BCUT2D eigenvalue weighted by atomic mass is 35.5. The Kier molecular flexibility index (Phi) is 8.48. The highest BCUT2D eigenvalue weighted by Crippen LogP contribution is 2.38. The number of fused-ring (bicyclic) bond motifs is 1. The van der Waals surface area contributed by atoms with Crippen molar-refractivity contribution in [1.29, 1.82) is 0 Å². The lowest BCUT2D eigenvalue weighted by atomic mass is 10.2. The number of likely N-dealkylation sites (N-methyl/N-ethyl adjacent to an activating group) is 1. The van der Waals surface area contributed by atoms with Crippen molar-refractivity contribution in [2.45, 2.75) is 6.61 Å². The second kappa shape index (κ2) is 12.0. The number of nitrogens with one attached hydrogen (secondary N) is 3. The molecule has 13 heteroatoms. The summed E-state index contributed by atoms with van der Waals surface area (Å²) in [5.74, 6) is 1.07. The molecule has 38 heavy (non-hydrogen) atoms. The van der Waals surface area contributed by atoms with Crippen molar-refractivity contribution < 1.29 is 24.3 Å². The number of nitrogens with zero attached hydrogens (tertiary/aromatic N) is 4. The zero-order chi connectivity index (χ0) is 27.2. The first-order valence-corrected chi connectivity index (χ1v) is 11.9. The van der Waals surface area contributed by atoms with Crippen LogP contribution in [-0.2, 0) is 16.2 Å². The number of hydrogen-bond donors (Lipinski definition) is 4. The van der Waals surface area contributed by atoms with Gasteiger partial charge in [-0.25, -0.2) is 9.82 Å². The molecule has 0 radical (unpaired) electrons. The van der Waals surface area contributed by atoms with Crippen LogP contribution in [-0.4, -0.2) is 60.3 Å². The van der Waals surface area contributed by atoms with E-state index < -0.39 is 5.91 Å². The summed E-state index contributed by atoms with van der Waals surface area (Å²) in [6, 6.07) is 8.63. The number of carbonyl (C=O) groups excluding carboxylic acids is 1. The number of amides is 1. The third-order valence-electron chi connectivity index (χ3n) is 5.42. The number of benzene rings is 2. The average molecular weight is 542 g/mol. The molecule has 0 unspecified atom stereocenters. The van der Waals surface area contributed by atoms with Gasteiger partial charge in [0.05, 0.1) is 24.7 Å². The van der Waals surface area contributed by atoms with Gasteiger partial charge >= 0.3 is 0 Å². The van der Waals surface area contributed by atoms with Crippen LogP contribution in [0.15, 0.2) is 49.2 Å². The van der Waals surface area contributed by atoms with Crippen molar-refractivity contribution in [2.75, 3.05) is 55.5 Å². The largest absolute Gasteiger partial charge is 0.494 e. The fourth-order valence-corrected chi connectivity index (χ4v) is 3.64. The van der Waals surface area contributed by atoms with Crippen LogP contribution in [0.5, 0.6) is 11.5 Å². The van der Waals surface area contributed by atoms with Gasteiger partial charge in [0.15, 0.2) is 5.82 Å². The monoisotopic (exact) mass is 541 g/mol. The number of hydrogen-bond acceptors (Lipinski definition) is 11. The Bertz CT molecular complexity index is 1340. The van der Waals surface area contributed by atoms with Gasteiger partial charge in [-0.15, -0.1) is 5.23 Å². The molecule has 2 heterocycles. The van der Waals surface area contributed by atoms with E-state index in [1.165, 1.54) is 19.4 Å². The third kappa shape index (κ3) is 6.42. The van der Waals surface area contributed by atoms with Crippen molar-refractivity contribution in [3.63, 3.8) is 0 Å². The Morgan fingerprint density at radius 1 is 1.26 bits per heavy atom. The van der Waals surface area contributed by atoms with Gasteiger partial charge in [-0.05, 0) is 44.4 Å². The first-order chi connectivity index (χ1) is 18.3. The molecular formula is C25H28ClN7O5. The van der Waals surface area contributed by atoms with Gasteiger partial charge in [-0.1, -0.05) is 18.2 Å². The van der Waals surface area contributed by atoms with E-state index >= 15 is 0 Å². The normalized spacial score (nSPS) is 12.2. The Morgan fingerprint density at radius 2 is 2.08 bits per heavy atom. The topological polar surface area (TPSA) is 133 Å². The quantitative estimate of drug-likeness (QED) is 0.258. The second-order valence-corrected chi connectivity index (χ2v) is 8.83. The zero-order valence-corrected chi connectivity index (χ0v) is 21.9. The van der Waals surface area contributed by atoms with Gasteiger partial charge in [0.2, 0.25) is 11.9 Å². The first kappa shape index (κ1) is 26.9. The number of rotatable bonds is 11. The number of halogens is 1. The molecule has 4 N–H and O–H groups in total. The minimum atomic E-state index is -0.392. The second-order valence-electron chi connectivity index (χ2n) is 8.42. The molecule has 12 nitrogen and oxygen atoms in total. The molecule has 0 saturated carbocycles. The van der Waals surface area contributed by atoms with Gasteiger partial charge in [-0.2, -0.15) is 4.98 Å². The molecule has 1 aliphatic rings. The molecule has 0 bridgehead atoms. The summed E-state index contributed by atoms with van der Waals surface area (Å²) >= 11 is 6.35. The lowest BCUT2D eigenvalue weighted by Gasteiger charge is -2.18. The number of carbonyl (C=O) groups is 1. The molecule has 0 aliphatic carbocycles. The Morgan fingerprint density at radius 3 is 2.82 bits per heavy atom. The van der Waals surface area contributed by atoms with Crippen molar-refractivity contribution >= 4 is 52.0 Å². The van der Waals surface area contributed by atoms with Crippen LogP contribution < -0.4 is 30.7 Å². The zero-order valence-electron chi connectivity index (χ0n) is 21.1. The summed E-state index contributed by atoms with van der Waals surface area (Å²) in [6.07, 6.45) is 2.63. The molecule has 2 aromatic carbocycles. The molecule has 1 aliphatic heterocycles. The molecule has 1 aromatic heterocycles. The van der Waals surface area contributed by atoms with Gasteiger partial charge in [0.25, 0.3) is 0 Å². The van der Waals surface area contributed by atoms with Crippen molar-refractivity contribution in [1.82, 2.24) is 14.9 Å². The maximum atomic E-state index is 12.1. The summed E-state index contributed by atoms with van der Waals surface area (Å²) in [5, 5.41) is 19.7. The average Bonchev–Trinajstić information content (AvgIpc) is 3.26. The molecule has 200 valence electrons. The third-order valence-corrected chi connectivity index (χ3v) is 5.70. The molecule has 3 aromatic rings. The number of ether oxygens (including phenoxy) is 2. The summed E-state index contributed by atoms with van der Waals surface area (Å²) < 4.78 is 11.4. The van der Waals surface area contributed by atoms with E-state index in [9.17, 15) is 10.0 Å². The van der Waals surface area contributed by atoms with Crippen LogP contribution in [0.25, 0.3) is 0 Å². The Labute approximate surface area is 224 Å².